The summed E-state index contributed by atoms with van der Waals surface area (Å²) in [5.41, 5.74) is 2.08. The highest BCUT2D eigenvalue weighted by Crippen LogP contribution is 2.23. The molecule has 1 aromatic carbocycles. The minimum absolute atomic E-state index is 0.0515. The van der Waals surface area contributed by atoms with E-state index in [1.807, 2.05) is 32.0 Å². The maximum atomic E-state index is 11.6. The molecule has 0 aromatic heterocycles. The molecular formula is C16H26N2O3. The molecule has 21 heavy (non-hydrogen) atoms. The third-order valence-corrected chi connectivity index (χ3v) is 3.01. The Morgan fingerprint density at radius 3 is 2.81 bits per heavy atom. The number of hydrogen-bond acceptors (Lipinski definition) is 4. The van der Waals surface area contributed by atoms with E-state index in [4.69, 9.17) is 9.47 Å². The summed E-state index contributed by atoms with van der Waals surface area (Å²) in [6.07, 6.45) is 0.921. The van der Waals surface area contributed by atoms with Crippen LogP contribution in [0, 0.1) is 6.92 Å². The van der Waals surface area contributed by atoms with Gasteiger partial charge in [-0.25, -0.2) is 0 Å². The van der Waals surface area contributed by atoms with Gasteiger partial charge in [0.1, 0.15) is 5.75 Å². The van der Waals surface area contributed by atoms with Crippen LogP contribution in [0.3, 0.4) is 0 Å². The number of nitrogens with one attached hydrogen (secondary N) is 2. The number of para-hydroxylation sites is 1. The highest BCUT2D eigenvalue weighted by atomic mass is 16.5. The van der Waals surface area contributed by atoms with Crippen molar-refractivity contribution < 1.29 is 14.3 Å². The number of rotatable bonds is 10. The normalized spacial score (nSPS) is 10.4. The van der Waals surface area contributed by atoms with Crippen LogP contribution in [0.25, 0.3) is 0 Å². The first-order valence-corrected chi connectivity index (χ1v) is 7.36. The molecule has 0 bridgehead atoms. The number of amides is 1. The van der Waals surface area contributed by atoms with Crippen molar-refractivity contribution in [1.29, 1.82) is 0 Å². The molecule has 5 nitrogen and oxygen atoms in total. The zero-order valence-electron chi connectivity index (χ0n) is 13.2. The van der Waals surface area contributed by atoms with E-state index in [-0.39, 0.29) is 12.5 Å². The Morgan fingerprint density at radius 1 is 1.29 bits per heavy atom. The highest BCUT2D eigenvalue weighted by molar-refractivity contribution is 5.77. The van der Waals surface area contributed by atoms with Crippen LogP contribution < -0.4 is 15.4 Å². The van der Waals surface area contributed by atoms with Gasteiger partial charge in [-0.1, -0.05) is 25.1 Å². The monoisotopic (exact) mass is 294 g/mol. The molecule has 1 aromatic rings. The number of methoxy groups -OCH3 is 1. The van der Waals surface area contributed by atoms with Crippen molar-refractivity contribution in [3.63, 3.8) is 0 Å². The summed E-state index contributed by atoms with van der Waals surface area (Å²) in [4.78, 5) is 11.6. The number of carbonyl (C=O) groups excluding carboxylic acids is 1. The van der Waals surface area contributed by atoms with Crippen molar-refractivity contribution >= 4 is 5.91 Å². The van der Waals surface area contributed by atoms with Gasteiger partial charge in [0.25, 0.3) is 5.91 Å². The predicted molar refractivity (Wildman–Crippen MR) is 83.6 cm³/mol. The Labute approximate surface area is 127 Å². The lowest BCUT2D eigenvalue weighted by atomic mass is 10.1. The molecule has 2 N–H and O–H groups in total. The van der Waals surface area contributed by atoms with E-state index in [1.165, 1.54) is 0 Å². The summed E-state index contributed by atoms with van der Waals surface area (Å²) in [5, 5.41) is 6.09. The number of hydrogen-bond donors (Lipinski definition) is 2. The second-order valence-corrected chi connectivity index (χ2v) is 4.87. The van der Waals surface area contributed by atoms with E-state index in [0.29, 0.717) is 19.7 Å². The van der Waals surface area contributed by atoms with Gasteiger partial charge in [-0.2, -0.15) is 0 Å². The Bertz CT molecular complexity index is 436. The van der Waals surface area contributed by atoms with Crippen molar-refractivity contribution in [1.82, 2.24) is 10.6 Å². The van der Waals surface area contributed by atoms with Crippen LogP contribution >= 0.6 is 0 Å². The van der Waals surface area contributed by atoms with Crippen molar-refractivity contribution in [2.45, 2.75) is 26.8 Å². The SMILES string of the molecule is CCCNC(=O)COc1c(C)cccc1CNCCOC. The van der Waals surface area contributed by atoms with Gasteiger partial charge in [0.15, 0.2) is 6.61 Å². The Hall–Kier alpha value is -1.59. The topological polar surface area (TPSA) is 59.6 Å². The molecule has 5 heteroatoms. The van der Waals surface area contributed by atoms with E-state index >= 15 is 0 Å². The predicted octanol–water partition coefficient (Wildman–Crippen LogP) is 1.64. The number of carbonyl (C=O) groups is 1. The molecule has 118 valence electrons. The van der Waals surface area contributed by atoms with E-state index in [1.54, 1.807) is 7.11 Å². The van der Waals surface area contributed by atoms with Crippen LogP contribution in [0.2, 0.25) is 0 Å². The average molecular weight is 294 g/mol. The highest BCUT2D eigenvalue weighted by Gasteiger charge is 2.09. The second-order valence-electron chi connectivity index (χ2n) is 4.87. The molecule has 0 aliphatic rings. The van der Waals surface area contributed by atoms with E-state index in [2.05, 4.69) is 10.6 Å². The third-order valence-electron chi connectivity index (χ3n) is 3.01. The third kappa shape index (κ3) is 6.60. The van der Waals surface area contributed by atoms with Crippen molar-refractivity contribution in [3.8, 4) is 5.75 Å². The molecule has 0 saturated heterocycles. The van der Waals surface area contributed by atoms with Gasteiger partial charge in [-0.15, -0.1) is 0 Å². The van der Waals surface area contributed by atoms with E-state index < -0.39 is 0 Å². The van der Waals surface area contributed by atoms with Crippen LogP contribution in [0.15, 0.2) is 18.2 Å². The maximum Gasteiger partial charge on any atom is 0.257 e. The van der Waals surface area contributed by atoms with Crippen LogP contribution in [-0.2, 0) is 16.1 Å². The lowest BCUT2D eigenvalue weighted by Gasteiger charge is -2.14. The molecule has 0 spiro atoms. The molecule has 0 radical (unpaired) electrons. The summed E-state index contributed by atoms with van der Waals surface area (Å²) >= 11 is 0. The molecule has 0 aliphatic carbocycles. The second kappa shape index (κ2) is 10.2. The van der Waals surface area contributed by atoms with E-state index in [9.17, 15) is 4.79 Å². The average Bonchev–Trinajstić information content (AvgIpc) is 2.48. The van der Waals surface area contributed by atoms with Gasteiger partial charge in [-0.05, 0) is 18.9 Å². The minimum Gasteiger partial charge on any atom is -0.483 e. The van der Waals surface area contributed by atoms with Crippen molar-refractivity contribution in [3.05, 3.63) is 29.3 Å². The summed E-state index contributed by atoms with van der Waals surface area (Å²) < 4.78 is 10.7. The Kier molecular flexibility index (Phi) is 8.47. The summed E-state index contributed by atoms with van der Waals surface area (Å²) in [5.74, 6) is 0.701. The first-order valence-electron chi connectivity index (χ1n) is 7.36. The molecule has 1 rings (SSSR count). The fourth-order valence-corrected chi connectivity index (χ4v) is 1.91. The molecule has 0 heterocycles. The van der Waals surface area contributed by atoms with Gasteiger partial charge < -0.3 is 20.1 Å². The molecular weight excluding hydrogens is 268 g/mol. The first-order chi connectivity index (χ1) is 10.2. The minimum atomic E-state index is -0.0848. The fraction of sp³-hybridized carbons (Fsp3) is 0.562. The van der Waals surface area contributed by atoms with Crippen molar-refractivity contribution in [2.24, 2.45) is 0 Å². The smallest absolute Gasteiger partial charge is 0.257 e. The van der Waals surface area contributed by atoms with Gasteiger partial charge in [0.05, 0.1) is 6.61 Å². The molecule has 0 saturated carbocycles. The Balaban J connectivity index is 2.56. The molecule has 0 fully saturated rings. The number of aryl methyl sites for hydroxylation is 1. The zero-order valence-corrected chi connectivity index (χ0v) is 13.2. The first kappa shape index (κ1) is 17.5. The summed E-state index contributed by atoms with van der Waals surface area (Å²) in [6, 6.07) is 5.98. The quantitative estimate of drug-likeness (QED) is 0.644. The number of ether oxygens (including phenoxy) is 2. The summed E-state index contributed by atoms with van der Waals surface area (Å²) in [6.45, 7) is 6.88. The fourth-order valence-electron chi connectivity index (χ4n) is 1.91. The summed E-state index contributed by atoms with van der Waals surface area (Å²) in [7, 11) is 1.68. The molecule has 0 unspecified atom stereocenters. The van der Waals surface area contributed by atoms with Crippen LogP contribution in [-0.4, -0.2) is 39.3 Å². The maximum absolute atomic E-state index is 11.6. The van der Waals surface area contributed by atoms with Gasteiger partial charge in [0, 0.05) is 32.3 Å². The zero-order chi connectivity index (χ0) is 15.5. The lowest BCUT2D eigenvalue weighted by Crippen LogP contribution is -2.29. The van der Waals surface area contributed by atoms with Gasteiger partial charge in [-0.3, -0.25) is 4.79 Å². The molecule has 0 aliphatic heterocycles. The standard InChI is InChI=1S/C16H26N2O3/c1-4-8-18-15(19)12-21-16-13(2)6-5-7-14(16)11-17-9-10-20-3/h5-7,17H,4,8-12H2,1-3H3,(H,18,19). The van der Waals surface area contributed by atoms with Gasteiger partial charge >= 0.3 is 0 Å². The van der Waals surface area contributed by atoms with Crippen molar-refractivity contribution in [2.75, 3.05) is 33.4 Å². The Morgan fingerprint density at radius 2 is 2.10 bits per heavy atom. The van der Waals surface area contributed by atoms with Gasteiger partial charge in [0.2, 0.25) is 0 Å². The number of benzene rings is 1. The lowest BCUT2D eigenvalue weighted by molar-refractivity contribution is -0.123. The van der Waals surface area contributed by atoms with Crippen LogP contribution in [0.4, 0.5) is 0 Å². The largest absolute Gasteiger partial charge is 0.483 e. The van der Waals surface area contributed by atoms with E-state index in [0.717, 1.165) is 29.8 Å². The van der Waals surface area contributed by atoms with Crippen LogP contribution in [0.1, 0.15) is 24.5 Å². The van der Waals surface area contributed by atoms with Crippen LogP contribution in [0.5, 0.6) is 5.75 Å². The molecule has 0 atom stereocenters. The molecule has 1 amide bonds.